The maximum absolute atomic E-state index is 5.90. The molecule has 1 heteroatoms. The van der Waals surface area contributed by atoms with Crippen molar-refractivity contribution in [3.05, 3.63) is 83.9 Å². The summed E-state index contributed by atoms with van der Waals surface area (Å²) < 4.78 is 5.90. The Hall–Kier alpha value is -2.54. The van der Waals surface area contributed by atoms with Crippen LogP contribution < -0.4 is 4.74 Å². The number of aryl methyl sites for hydroxylation is 1. The summed E-state index contributed by atoms with van der Waals surface area (Å²) in [7, 11) is 0. The van der Waals surface area contributed by atoms with Crippen LogP contribution in [0.15, 0.2) is 72.8 Å². The SMILES string of the molecule is CCC(C)Cc1ccc(-c2ccc(Oc3ccc(C)cc3)cc2)cc1. The molecule has 0 N–H and O–H groups in total. The zero-order valence-electron chi connectivity index (χ0n) is 15.3. The molecule has 0 fully saturated rings. The molecule has 0 aliphatic carbocycles. The van der Waals surface area contributed by atoms with Crippen LogP contribution in [0.25, 0.3) is 11.1 Å². The Kier molecular flexibility index (Phi) is 5.55. The first-order valence-electron chi connectivity index (χ1n) is 9.08. The number of hydrogen-bond acceptors (Lipinski definition) is 1. The van der Waals surface area contributed by atoms with Gasteiger partial charge in [0.15, 0.2) is 0 Å². The lowest BCUT2D eigenvalue weighted by Gasteiger charge is -2.10. The molecule has 0 saturated heterocycles. The van der Waals surface area contributed by atoms with Crippen molar-refractivity contribution in [3.63, 3.8) is 0 Å². The summed E-state index contributed by atoms with van der Waals surface area (Å²) in [4.78, 5) is 0. The van der Waals surface area contributed by atoms with Gasteiger partial charge in [-0.3, -0.25) is 0 Å². The average molecular weight is 330 g/mol. The topological polar surface area (TPSA) is 9.23 Å². The van der Waals surface area contributed by atoms with Gasteiger partial charge in [-0.15, -0.1) is 0 Å². The van der Waals surface area contributed by atoms with Crippen molar-refractivity contribution in [2.24, 2.45) is 5.92 Å². The van der Waals surface area contributed by atoms with Gasteiger partial charge in [0.05, 0.1) is 0 Å². The van der Waals surface area contributed by atoms with E-state index in [9.17, 15) is 0 Å². The molecule has 0 aromatic heterocycles. The summed E-state index contributed by atoms with van der Waals surface area (Å²) in [5.41, 5.74) is 5.11. The first-order chi connectivity index (χ1) is 12.1. The minimum Gasteiger partial charge on any atom is -0.457 e. The van der Waals surface area contributed by atoms with Crippen LogP contribution in [0, 0.1) is 12.8 Å². The Labute approximate surface area is 151 Å². The molecular formula is C24H26O. The third-order valence-corrected chi connectivity index (χ3v) is 4.68. The maximum Gasteiger partial charge on any atom is 0.127 e. The van der Waals surface area contributed by atoms with E-state index in [4.69, 9.17) is 4.74 Å². The average Bonchev–Trinajstić information content (AvgIpc) is 2.65. The molecule has 3 rings (SSSR count). The summed E-state index contributed by atoms with van der Waals surface area (Å²) in [5.74, 6) is 2.47. The van der Waals surface area contributed by atoms with E-state index in [0.717, 1.165) is 23.8 Å². The first-order valence-corrected chi connectivity index (χ1v) is 9.08. The molecule has 0 spiro atoms. The highest BCUT2D eigenvalue weighted by Crippen LogP contribution is 2.26. The highest BCUT2D eigenvalue weighted by Gasteiger charge is 2.03. The van der Waals surface area contributed by atoms with Crippen LogP contribution in [0.3, 0.4) is 0 Å². The monoisotopic (exact) mass is 330 g/mol. The normalized spacial score (nSPS) is 12.0. The molecule has 0 aliphatic rings. The lowest BCUT2D eigenvalue weighted by Crippen LogP contribution is -1.97. The van der Waals surface area contributed by atoms with Gasteiger partial charge in [-0.05, 0) is 60.2 Å². The van der Waals surface area contributed by atoms with Crippen molar-refractivity contribution in [1.82, 2.24) is 0 Å². The van der Waals surface area contributed by atoms with Gasteiger partial charge < -0.3 is 4.74 Å². The van der Waals surface area contributed by atoms with Crippen LogP contribution in [0.4, 0.5) is 0 Å². The van der Waals surface area contributed by atoms with E-state index < -0.39 is 0 Å². The lowest BCUT2D eigenvalue weighted by molar-refractivity contribution is 0.482. The van der Waals surface area contributed by atoms with Gasteiger partial charge in [-0.25, -0.2) is 0 Å². The predicted molar refractivity (Wildman–Crippen MR) is 106 cm³/mol. The van der Waals surface area contributed by atoms with Gasteiger partial charge in [-0.2, -0.15) is 0 Å². The van der Waals surface area contributed by atoms with Gasteiger partial charge in [0.2, 0.25) is 0 Å². The van der Waals surface area contributed by atoms with E-state index in [1.807, 2.05) is 24.3 Å². The highest BCUT2D eigenvalue weighted by atomic mass is 16.5. The smallest absolute Gasteiger partial charge is 0.127 e. The van der Waals surface area contributed by atoms with Crippen LogP contribution in [-0.4, -0.2) is 0 Å². The predicted octanol–water partition coefficient (Wildman–Crippen LogP) is 7.04. The lowest BCUT2D eigenvalue weighted by atomic mass is 9.97. The van der Waals surface area contributed by atoms with E-state index in [2.05, 4.69) is 69.3 Å². The van der Waals surface area contributed by atoms with Gasteiger partial charge >= 0.3 is 0 Å². The summed E-state index contributed by atoms with van der Waals surface area (Å²) in [5, 5.41) is 0. The Morgan fingerprint density at radius 3 is 1.72 bits per heavy atom. The molecule has 0 aliphatic heterocycles. The summed E-state index contributed by atoms with van der Waals surface area (Å²) in [6.45, 7) is 6.63. The van der Waals surface area contributed by atoms with E-state index in [1.54, 1.807) is 0 Å². The first kappa shape index (κ1) is 17.3. The van der Waals surface area contributed by atoms with Crippen molar-refractivity contribution in [2.45, 2.75) is 33.6 Å². The van der Waals surface area contributed by atoms with Crippen LogP contribution >= 0.6 is 0 Å². The number of benzene rings is 3. The molecular weight excluding hydrogens is 304 g/mol. The molecule has 128 valence electrons. The molecule has 3 aromatic rings. The van der Waals surface area contributed by atoms with Crippen molar-refractivity contribution >= 4 is 0 Å². The minimum absolute atomic E-state index is 0.740. The van der Waals surface area contributed by atoms with Crippen LogP contribution in [-0.2, 0) is 6.42 Å². The molecule has 1 unspecified atom stereocenters. The molecule has 1 atom stereocenters. The second-order valence-corrected chi connectivity index (χ2v) is 6.85. The molecule has 0 amide bonds. The van der Waals surface area contributed by atoms with Crippen molar-refractivity contribution in [2.75, 3.05) is 0 Å². The van der Waals surface area contributed by atoms with Crippen molar-refractivity contribution in [3.8, 4) is 22.6 Å². The quantitative estimate of drug-likeness (QED) is 0.471. The summed E-state index contributed by atoms with van der Waals surface area (Å²) in [6, 6.07) is 25.3. The zero-order valence-corrected chi connectivity index (χ0v) is 15.3. The standard InChI is InChI=1S/C24H26O/c1-4-18(2)17-20-7-9-21(10-8-20)22-11-15-24(16-12-22)25-23-13-5-19(3)6-14-23/h5-16,18H,4,17H2,1-3H3. The fraction of sp³-hybridized carbons (Fsp3) is 0.250. The number of rotatable bonds is 6. The molecule has 0 saturated carbocycles. The van der Waals surface area contributed by atoms with Crippen molar-refractivity contribution < 1.29 is 4.74 Å². The largest absolute Gasteiger partial charge is 0.457 e. The Bertz CT molecular complexity index is 783. The fourth-order valence-electron chi connectivity index (χ4n) is 2.84. The minimum atomic E-state index is 0.740. The van der Waals surface area contributed by atoms with Gasteiger partial charge in [0, 0.05) is 0 Å². The maximum atomic E-state index is 5.90. The van der Waals surface area contributed by atoms with Crippen LogP contribution in [0.5, 0.6) is 11.5 Å². The number of hydrogen-bond donors (Lipinski definition) is 0. The van der Waals surface area contributed by atoms with Crippen LogP contribution in [0.1, 0.15) is 31.4 Å². The van der Waals surface area contributed by atoms with Gasteiger partial charge in [0.1, 0.15) is 11.5 Å². The Morgan fingerprint density at radius 1 is 0.720 bits per heavy atom. The van der Waals surface area contributed by atoms with Crippen LogP contribution in [0.2, 0.25) is 0 Å². The third-order valence-electron chi connectivity index (χ3n) is 4.68. The molecule has 0 radical (unpaired) electrons. The van der Waals surface area contributed by atoms with Gasteiger partial charge in [0.25, 0.3) is 0 Å². The molecule has 0 heterocycles. The second-order valence-electron chi connectivity index (χ2n) is 6.85. The molecule has 0 bridgehead atoms. The van der Waals surface area contributed by atoms with Crippen molar-refractivity contribution in [1.29, 1.82) is 0 Å². The summed E-state index contributed by atoms with van der Waals surface area (Å²) >= 11 is 0. The Morgan fingerprint density at radius 2 is 1.20 bits per heavy atom. The summed E-state index contributed by atoms with van der Waals surface area (Å²) in [6.07, 6.45) is 2.38. The molecule has 25 heavy (non-hydrogen) atoms. The van der Waals surface area contributed by atoms with E-state index in [-0.39, 0.29) is 0 Å². The van der Waals surface area contributed by atoms with E-state index in [1.165, 1.54) is 28.7 Å². The number of ether oxygens (including phenoxy) is 1. The van der Waals surface area contributed by atoms with E-state index >= 15 is 0 Å². The Balaban J connectivity index is 1.68. The highest BCUT2D eigenvalue weighted by molar-refractivity contribution is 5.64. The molecule has 1 nitrogen and oxygen atoms in total. The third kappa shape index (κ3) is 4.73. The van der Waals surface area contributed by atoms with Gasteiger partial charge in [-0.1, -0.05) is 74.4 Å². The second kappa shape index (κ2) is 8.02. The zero-order chi connectivity index (χ0) is 17.6. The fourth-order valence-corrected chi connectivity index (χ4v) is 2.84. The van der Waals surface area contributed by atoms with E-state index in [0.29, 0.717) is 0 Å². The molecule has 3 aromatic carbocycles.